The van der Waals surface area contributed by atoms with Crippen LogP contribution in [0.25, 0.3) is 22.3 Å². The van der Waals surface area contributed by atoms with E-state index in [1.165, 1.54) is 0 Å². The van der Waals surface area contributed by atoms with Gasteiger partial charge in [-0.1, -0.05) is 60.7 Å². The second kappa shape index (κ2) is 14.5. The Hall–Kier alpha value is -5.90. The molecule has 6 rings (SSSR count). The molecule has 0 atom stereocenters. The lowest BCUT2D eigenvalue weighted by Crippen LogP contribution is -2.16. The molecule has 0 saturated carbocycles. The van der Waals surface area contributed by atoms with E-state index in [-0.39, 0.29) is 21.8 Å². The van der Waals surface area contributed by atoms with Gasteiger partial charge in [0.25, 0.3) is 10.3 Å². The quantitative estimate of drug-likeness (QED) is 0.120. The summed E-state index contributed by atoms with van der Waals surface area (Å²) in [6, 6.07) is 43.4. The van der Waals surface area contributed by atoms with Crippen LogP contribution in [0.5, 0.6) is 34.5 Å². The molecule has 0 radical (unpaired) electrons. The molecule has 0 saturated heterocycles. The summed E-state index contributed by atoms with van der Waals surface area (Å²) in [7, 11) is 0. The molecule has 6 aromatic carbocycles. The van der Waals surface area contributed by atoms with Gasteiger partial charge in [0.15, 0.2) is 0 Å². The van der Waals surface area contributed by atoms with Crippen LogP contribution in [0.15, 0.2) is 146 Å². The smallest absolute Gasteiger partial charge is 0.266 e. The van der Waals surface area contributed by atoms with Gasteiger partial charge >= 0.3 is 0 Å². The predicted octanol–water partition coefficient (Wildman–Crippen LogP) is 9.78. The number of phenols is 2. The van der Waals surface area contributed by atoms with Gasteiger partial charge in [-0.3, -0.25) is 0 Å². The van der Waals surface area contributed by atoms with Crippen molar-refractivity contribution in [1.82, 2.24) is 0 Å². The highest BCUT2D eigenvalue weighted by Gasteiger charge is 2.16. The first-order valence-electron chi connectivity index (χ1n) is 14.5. The first-order valence-corrected chi connectivity index (χ1v) is 15.3. The van der Waals surface area contributed by atoms with Gasteiger partial charge < -0.3 is 35.1 Å². The summed E-state index contributed by atoms with van der Waals surface area (Å²) < 4.78 is 18.5. The number of phenolic OH excluding ortho intramolecular Hbond substituents is 2. The molecule has 7 nitrogen and oxygen atoms in total. The van der Waals surface area contributed by atoms with Crippen molar-refractivity contribution in [2.24, 2.45) is 0 Å². The maximum atomic E-state index is 9.95. The van der Waals surface area contributed by atoms with Crippen LogP contribution in [0.2, 0.25) is 0 Å². The molecule has 0 aliphatic heterocycles. The number of para-hydroxylation sites is 2. The largest absolute Gasteiger partial charge is 0.508 e. The van der Waals surface area contributed by atoms with Gasteiger partial charge in [-0.25, -0.2) is 0 Å². The van der Waals surface area contributed by atoms with Gasteiger partial charge in [-0.05, 0) is 120 Å². The highest BCUT2D eigenvalue weighted by atomic mass is 32.1. The van der Waals surface area contributed by atoms with E-state index in [9.17, 15) is 10.2 Å². The van der Waals surface area contributed by atoms with E-state index in [1.54, 1.807) is 72.8 Å². The van der Waals surface area contributed by atoms with Crippen LogP contribution >= 0.6 is 24.4 Å². The lowest BCUT2D eigenvalue weighted by molar-refractivity contribution is 0.475. The van der Waals surface area contributed by atoms with E-state index < -0.39 is 0 Å². The molecule has 0 spiro atoms. The summed E-state index contributed by atoms with van der Waals surface area (Å²) in [5.74, 6) is 2.33. The SMILES string of the molecule is Oc1ccc(-c2cc(OC(=S)Nc3ccccc3)ccc2Oc2ccc(OC(=S)Nc3ccccc3)cc2-c2ccc(O)cc2)cc1. The molecule has 0 aromatic heterocycles. The standard InChI is InChI=1S/C38H28N2O5S2/c41-29-15-11-25(12-16-29)33-23-31(43-37(46)39-27-7-3-1-4-8-27)19-21-35(33)45-36-22-20-32(24-34(36)26-13-17-30(42)18-14-26)44-38(47)40-28-9-5-2-6-10-28/h1-24,41-42H,(H,39,46)(H,40,47). The Bertz CT molecular complexity index is 1860. The van der Waals surface area contributed by atoms with E-state index in [1.807, 2.05) is 72.8 Å². The van der Waals surface area contributed by atoms with Crippen molar-refractivity contribution in [3.63, 3.8) is 0 Å². The molecule has 47 heavy (non-hydrogen) atoms. The highest BCUT2D eigenvalue weighted by molar-refractivity contribution is 7.80. The average molecular weight is 657 g/mol. The van der Waals surface area contributed by atoms with E-state index in [0.29, 0.717) is 34.1 Å². The van der Waals surface area contributed by atoms with Crippen LogP contribution in [-0.4, -0.2) is 20.6 Å². The maximum absolute atomic E-state index is 9.95. The first kappa shape index (κ1) is 31.1. The maximum Gasteiger partial charge on any atom is 0.266 e. The highest BCUT2D eigenvalue weighted by Crippen LogP contribution is 2.41. The number of rotatable bonds is 8. The topological polar surface area (TPSA) is 92.2 Å². The Kier molecular flexibility index (Phi) is 9.57. The van der Waals surface area contributed by atoms with E-state index in [4.69, 9.17) is 38.6 Å². The Labute approximate surface area is 282 Å². The monoisotopic (exact) mass is 656 g/mol. The molecule has 0 unspecified atom stereocenters. The van der Waals surface area contributed by atoms with E-state index >= 15 is 0 Å². The summed E-state index contributed by atoms with van der Waals surface area (Å²) in [5.41, 5.74) is 4.59. The van der Waals surface area contributed by atoms with Gasteiger partial charge in [0.05, 0.1) is 0 Å². The van der Waals surface area contributed by atoms with Crippen molar-refractivity contribution in [2.75, 3.05) is 10.6 Å². The third-order valence-electron chi connectivity index (χ3n) is 6.94. The number of ether oxygens (including phenoxy) is 3. The van der Waals surface area contributed by atoms with Gasteiger partial charge in [0, 0.05) is 22.5 Å². The number of hydrogen-bond donors (Lipinski definition) is 4. The number of thiocarbonyl (C=S) groups is 2. The summed E-state index contributed by atoms with van der Waals surface area (Å²) in [4.78, 5) is 0. The molecule has 9 heteroatoms. The molecule has 232 valence electrons. The van der Waals surface area contributed by atoms with Crippen molar-refractivity contribution >= 4 is 46.2 Å². The lowest BCUT2D eigenvalue weighted by atomic mass is 10.0. The molecule has 0 amide bonds. The summed E-state index contributed by atoms with van der Waals surface area (Å²) in [6.07, 6.45) is 0. The summed E-state index contributed by atoms with van der Waals surface area (Å²) in [6.45, 7) is 0. The molecular formula is C38H28N2O5S2. The fraction of sp³-hybridized carbons (Fsp3) is 0. The van der Waals surface area contributed by atoms with Crippen LogP contribution < -0.4 is 24.8 Å². The van der Waals surface area contributed by atoms with Gasteiger partial charge in [0.1, 0.15) is 34.5 Å². The summed E-state index contributed by atoms with van der Waals surface area (Å²) in [5, 5.41) is 26.4. The van der Waals surface area contributed by atoms with Crippen molar-refractivity contribution in [2.45, 2.75) is 0 Å². The zero-order valence-electron chi connectivity index (χ0n) is 24.8. The van der Waals surface area contributed by atoms with Crippen molar-refractivity contribution in [1.29, 1.82) is 0 Å². The number of anilines is 2. The van der Waals surface area contributed by atoms with Gasteiger partial charge in [-0.2, -0.15) is 0 Å². The minimum atomic E-state index is 0.140. The predicted molar refractivity (Wildman–Crippen MR) is 194 cm³/mol. The second-order valence-electron chi connectivity index (χ2n) is 10.3. The molecule has 0 bridgehead atoms. The second-order valence-corrected chi connectivity index (χ2v) is 11.0. The Balaban J connectivity index is 1.32. The number of nitrogens with one attached hydrogen (secondary N) is 2. The molecule has 0 heterocycles. The fourth-order valence-electron chi connectivity index (χ4n) is 4.72. The van der Waals surface area contributed by atoms with Crippen molar-refractivity contribution < 1.29 is 24.4 Å². The normalized spacial score (nSPS) is 10.5. The Morgan fingerprint density at radius 1 is 0.468 bits per heavy atom. The van der Waals surface area contributed by atoms with Crippen LogP contribution in [0.3, 0.4) is 0 Å². The minimum Gasteiger partial charge on any atom is -0.508 e. The zero-order valence-corrected chi connectivity index (χ0v) is 26.4. The third-order valence-corrected chi connectivity index (χ3v) is 7.31. The average Bonchev–Trinajstić information content (AvgIpc) is 3.08. The molecule has 0 fully saturated rings. The summed E-state index contributed by atoms with van der Waals surface area (Å²) >= 11 is 10.9. The van der Waals surface area contributed by atoms with Gasteiger partial charge in [-0.15, -0.1) is 0 Å². The zero-order chi connectivity index (χ0) is 32.6. The van der Waals surface area contributed by atoms with E-state index in [0.717, 1.165) is 22.5 Å². The molecule has 0 aliphatic carbocycles. The third kappa shape index (κ3) is 8.23. The number of hydrogen-bond acceptors (Lipinski definition) is 7. The lowest BCUT2D eigenvalue weighted by Gasteiger charge is -2.18. The van der Waals surface area contributed by atoms with Crippen LogP contribution in [0.1, 0.15) is 0 Å². The Morgan fingerprint density at radius 2 is 0.851 bits per heavy atom. The molecular weight excluding hydrogens is 629 g/mol. The van der Waals surface area contributed by atoms with Crippen LogP contribution in [-0.2, 0) is 0 Å². The molecule has 0 aliphatic rings. The van der Waals surface area contributed by atoms with Crippen molar-refractivity contribution in [3.8, 4) is 56.8 Å². The number of benzene rings is 6. The van der Waals surface area contributed by atoms with Gasteiger partial charge in [0.2, 0.25) is 0 Å². The minimum absolute atomic E-state index is 0.140. The van der Waals surface area contributed by atoms with Crippen LogP contribution in [0.4, 0.5) is 11.4 Å². The number of aromatic hydroxyl groups is 2. The molecule has 6 aromatic rings. The van der Waals surface area contributed by atoms with Crippen molar-refractivity contribution in [3.05, 3.63) is 146 Å². The molecule has 4 N–H and O–H groups in total. The Morgan fingerprint density at radius 3 is 1.23 bits per heavy atom. The fourth-order valence-corrected chi connectivity index (χ4v) is 5.15. The van der Waals surface area contributed by atoms with Crippen LogP contribution in [0, 0.1) is 0 Å². The first-order chi connectivity index (χ1) is 22.9. The van der Waals surface area contributed by atoms with E-state index in [2.05, 4.69) is 10.6 Å².